The highest BCUT2D eigenvalue weighted by Gasteiger charge is 2.35. The van der Waals surface area contributed by atoms with E-state index < -0.39 is 11.6 Å². The van der Waals surface area contributed by atoms with E-state index in [2.05, 4.69) is 13.8 Å². The molecule has 1 aliphatic carbocycles. The topological polar surface area (TPSA) is 26.0 Å². The number of nitrogens with two attached hydrogens (primary N) is 1. The average molecular weight is 239 g/mol. The van der Waals surface area contributed by atoms with Gasteiger partial charge in [-0.1, -0.05) is 26.0 Å². The van der Waals surface area contributed by atoms with Crippen molar-refractivity contribution in [3.8, 4) is 0 Å². The first-order valence-corrected chi connectivity index (χ1v) is 6.10. The van der Waals surface area contributed by atoms with Crippen molar-refractivity contribution in [1.29, 1.82) is 0 Å². The quantitative estimate of drug-likeness (QED) is 0.796. The zero-order chi connectivity index (χ0) is 12.6. The van der Waals surface area contributed by atoms with E-state index in [0.717, 1.165) is 25.3 Å². The minimum Gasteiger partial charge on any atom is -0.327 e. The van der Waals surface area contributed by atoms with Gasteiger partial charge in [0.15, 0.2) is 11.6 Å². The fourth-order valence-corrected chi connectivity index (χ4v) is 2.75. The molecule has 1 aromatic carbocycles. The van der Waals surface area contributed by atoms with E-state index >= 15 is 0 Å². The van der Waals surface area contributed by atoms with Gasteiger partial charge in [-0.05, 0) is 36.3 Å². The largest absolute Gasteiger partial charge is 0.327 e. The van der Waals surface area contributed by atoms with Crippen LogP contribution in [0.1, 0.15) is 44.6 Å². The van der Waals surface area contributed by atoms with E-state index in [1.807, 2.05) is 0 Å². The van der Waals surface area contributed by atoms with E-state index in [-0.39, 0.29) is 17.4 Å². The van der Waals surface area contributed by atoms with Gasteiger partial charge in [0.1, 0.15) is 0 Å². The fraction of sp³-hybridized carbons (Fsp3) is 0.571. The number of hydrogen-bond donors (Lipinski definition) is 1. The van der Waals surface area contributed by atoms with Crippen molar-refractivity contribution in [3.63, 3.8) is 0 Å². The van der Waals surface area contributed by atoms with Gasteiger partial charge in [0, 0.05) is 12.0 Å². The van der Waals surface area contributed by atoms with Crippen molar-refractivity contribution in [2.24, 2.45) is 11.1 Å². The van der Waals surface area contributed by atoms with E-state index in [1.165, 1.54) is 0 Å². The highest BCUT2D eigenvalue weighted by molar-refractivity contribution is 5.25. The number of benzene rings is 1. The third-order valence-corrected chi connectivity index (χ3v) is 3.82. The molecule has 1 nitrogen and oxygen atoms in total. The average Bonchev–Trinajstić information content (AvgIpc) is 2.26. The second-order valence-electron chi connectivity index (χ2n) is 5.82. The van der Waals surface area contributed by atoms with Gasteiger partial charge in [0.2, 0.25) is 0 Å². The monoisotopic (exact) mass is 239 g/mol. The van der Waals surface area contributed by atoms with Crippen LogP contribution in [0, 0.1) is 17.0 Å². The highest BCUT2D eigenvalue weighted by Crippen LogP contribution is 2.43. The van der Waals surface area contributed by atoms with Gasteiger partial charge in [-0.2, -0.15) is 0 Å². The third kappa shape index (κ3) is 2.49. The van der Waals surface area contributed by atoms with Crippen LogP contribution in [0.3, 0.4) is 0 Å². The van der Waals surface area contributed by atoms with Crippen LogP contribution < -0.4 is 5.73 Å². The summed E-state index contributed by atoms with van der Waals surface area (Å²) in [7, 11) is 0. The van der Waals surface area contributed by atoms with Gasteiger partial charge in [-0.15, -0.1) is 0 Å². The molecule has 0 spiro atoms. The molecule has 17 heavy (non-hydrogen) atoms. The third-order valence-electron chi connectivity index (χ3n) is 3.82. The van der Waals surface area contributed by atoms with Crippen molar-refractivity contribution in [2.45, 2.75) is 45.1 Å². The van der Waals surface area contributed by atoms with E-state index in [1.54, 1.807) is 12.1 Å². The Bertz CT molecular complexity index is 415. The second kappa shape index (κ2) is 4.37. The molecule has 2 rings (SSSR count). The Hall–Kier alpha value is -0.960. The minimum absolute atomic E-state index is 0.0701. The molecule has 0 bridgehead atoms. The number of halogens is 2. The van der Waals surface area contributed by atoms with Crippen molar-refractivity contribution >= 4 is 0 Å². The molecule has 2 atom stereocenters. The summed E-state index contributed by atoms with van der Waals surface area (Å²) in [4.78, 5) is 0. The Kier molecular flexibility index (Phi) is 3.21. The first-order chi connectivity index (χ1) is 7.91. The zero-order valence-corrected chi connectivity index (χ0v) is 10.3. The SMILES string of the molecule is CC1(C)CCC(N)C(c2cccc(F)c2F)C1. The predicted molar refractivity (Wildman–Crippen MR) is 64.7 cm³/mol. The van der Waals surface area contributed by atoms with Gasteiger partial charge in [0.25, 0.3) is 0 Å². The molecule has 1 aliphatic rings. The minimum atomic E-state index is -0.780. The van der Waals surface area contributed by atoms with Crippen molar-refractivity contribution < 1.29 is 8.78 Å². The van der Waals surface area contributed by atoms with Gasteiger partial charge >= 0.3 is 0 Å². The first kappa shape index (κ1) is 12.5. The molecule has 0 saturated heterocycles. The molecule has 1 saturated carbocycles. The van der Waals surface area contributed by atoms with Crippen molar-refractivity contribution in [2.75, 3.05) is 0 Å². The molecule has 0 aromatic heterocycles. The summed E-state index contributed by atoms with van der Waals surface area (Å²) in [5, 5.41) is 0. The first-order valence-electron chi connectivity index (χ1n) is 6.10. The summed E-state index contributed by atoms with van der Waals surface area (Å²) in [6.45, 7) is 4.31. The Balaban J connectivity index is 2.34. The Morgan fingerprint density at radius 3 is 2.71 bits per heavy atom. The lowest BCUT2D eigenvalue weighted by molar-refractivity contribution is 0.195. The maximum Gasteiger partial charge on any atom is 0.162 e. The Morgan fingerprint density at radius 1 is 1.29 bits per heavy atom. The molecule has 0 aliphatic heterocycles. The Morgan fingerprint density at radius 2 is 2.00 bits per heavy atom. The summed E-state index contributed by atoms with van der Waals surface area (Å²) in [6, 6.07) is 4.30. The summed E-state index contributed by atoms with van der Waals surface area (Å²) in [6.07, 6.45) is 2.73. The molecule has 0 heterocycles. The number of rotatable bonds is 1. The maximum absolute atomic E-state index is 13.8. The lowest BCUT2D eigenvalue weighted by Gasteiger charge is -2.39. The molecule has 0 radical (unpaired) electrons. The molecular weight excluding hydrogens is 220 g/mol. The molecule has 0 amide bonds. The van der Waals surface area contributed by atoms with Crippen molar-refractivity contribution in [3.05, 3.63) is 35.4 Å². The molecule has 94 valence electrons. The van der Waals surface area contributed by atoms with Crippen molar-refractivity contribution in [1.82, 2.24) is 0 Å². The second-order valence-corrected chi connectivity index (χ2v) is 5.82. The van der Waals surface area contributed by atoms with E-state index in [0.29, 0.717) is 5.56 Å². The maximum atomic E-state index is 13.8. The van der Waals surface area contributed by atoms with Gasteiger partial charge < -0.3 is 5.73 Å². The summed E-state index contributed by atoms with van der Waals surface area (Å²) < 4.78 is 27.0. The van der Waals surface area contributed by atoms with Gasteiger partial charge in [-0.3, -0.25) is 0 Å². The molecule has 1 fully saturated rings. The van der Waals surface area contributed by atoms with Crippen LogP contribution in [0.25, 0.3) is 0 Å². The zero-order valence-electron chi connectivity index (χ0n) is 10.3. The van der Waals surface area contributed by atoms with E-state index in [9.17, 15) is 8.78 Å². The summed E-state index contributed by atoms with van der Waals surface area (Å²) >= 11 is 0. The van der Waals surface area contributed by atoms with Crippen LogP contribution in [0.2, 0.25) is 0 Å². The van der Waals surface area contributed by atoms with Gasteiger partial charge in [-0.25, -0.2) is 8.78 Å². The summed E-state index contributed by atoms with van der Waals surface area (Å²) in [5.74, 6) is -1.59. The van der Waals surface area contributed by atoms with Crippen LogP contribution in [0.15, 0.2) is 18.2 Å². The normalized spacial score (nSPS) is 28.1. The van der Waals surface area contributed by atoms with Crippen LogP contribution in [0.4, 0.5) is 8.78 Å². The Labute approximate surface area is 101 Å². The van der Waals surface area contributed by atoms with E-state index in [4.69, 9.17) is 5.73 Å². The lowest BCUT2D eigenvalue weighted by Crippen LogP contribution is -2.38. The fourth-order valence-electron chi connectivity index (χ4n) is 2.75. The molecular formula is C14H19F2N. The van der Waals surface area contributed by atoms with Crippen LogP contribution in [-0.2, 0) is 0 Å². The standard InChI is InChI=1S/C14H19F2N/c1-14(2)7-6-12(17)10(8-14)9-4-3-5-11(15)13(9)16/h3-5,10,12H,6-8,17H2,1-2H3. The predicted octanol–water partition coefficient (Wildman–Crippen LogP) is 3.59. The van der Waals surface area contributed by atoms with Gasteiger partial charge in [0.05, 0.1) is 0 Å². The van der Waals surface area contributed by atoms with Crippen LogP contribution in [-0.4, -0.2) is 6.04 Å². The smallest absolute Gasteiger partial charge is 0.162 e. The number of hydrogen-bond acceptors (Lipinski definition) is 1. The molecule has 1 aromatic rings. The molecule has 3 heteroatoms. The molecule has 2 unspecified atom stereocenters. The summed E-state index contributed by atoms with van der Waals surface area (Å²) in [5.41, 5.74) is 6.65. The molecule has 2 N–H and O–H groups in total. The highest BCUT2D eigenvalue weighted by atomic mass is 19.2. The van der Waals surface area contributed by atoms with Crippen LogP contribution in [0.5, 0.6) is 0 Å². The lowest BCUT2D eigenvalue weighted by atomic mass is 9.68. The van der Waals surface area contributed by atoms with Crippen LogP contribution >= 0.6 is 0 Å².